The van der Waals surface area contributed by atoms with E-state index in [4.69, 9.17) is 9.47 Å². The van der Waals surface area contributed by atoms with Crippen molar-refractivity contribution in [3.8, 4) is 11.5 Å². The van der Waals surface area contributed by atoms with Crippen molar-refractivity contribution >= 4 is 0 Å². The molecule has 0 spiro atoms. The lowest BCUT2D eigenvalue weighted by molar-refractivity contribution is -0.752. The molecule has 0 atom stereocenters. The second-order valence-corrected chi connectivity index (χ2v) is 8.27. The Morgan fingerprint density at radius 1 is 1.00 bits per heavy atom. The normalized spacial score (nSPS) is 34.7. The van der Waals surface area contributed by atoms with Gasteiger partial charge in [-0.2, -0.15) is 0 Å². The molecule has 126 valence electrons. The number of rotatable bonds is 5. The molecule has 0 aliphatic heterocycles. The summed E-state index contributed by atoms with van der Waals surface area (Å²) in [7, 11) is 3.50. The van der Waals surface area contributed by atoms with Crippen molar-refractivity contribution in [3.05, 3.63) is 23.3 Å². The molecule has 4 fully saturated rings. The van der Waals surface area contributed by atoms with Crippen LogP contribution in [0.1, 0.15) is 49.7 Å². The van der Waals surface area contributed by atoms with Crippen molar-refractivity contribution in [2.45, 2.75) is 57.5 Å². The van der Waals surface area contributed by atoms with E-state index in [0.717, 1.165) is 41.4 Å². The molecule has 0 aromatic heterocycles. The molecular formula is C20H30NO2+. The van der Waals surface area contributed by atoms with Crippen LogP contribution in [-0.2, 0) is 6.54 Å². The number of hydrogen-bond acceptors (Lipinski definition) is 2. The SMILES string of the molecule is COc1ccc(C[NH2+]C23CC4CC(CC(C4)C2)C3)c(OC)c1C. The molecule has 3 nitrogen and oxygen atoms in total. The molecule has 2 N–H and O–H groups in total. The average Bonchev–Trinajstić information content (AvgIpc) is 2.52. The highest BCUT2D eigenvalue weighted by molar-refractivity contribution is 5.48. The van der Waals surface area contributed by atoms with Crippen molar-refractivity contribution in [2.75, 3.05) is 14.2 Å². The fraction of sp³-hybridized carbons (Fsp3) is 0.700. The number of quaternary nitrogens is 1. The van der Waals surface area contributed by atoms with Crippen LogP contribution in [0, 0.1) is 24.7 Å². The zero-order valence-corrected chi connectivity index (χ0v) is 14.7. The van der Waals surface area contributed by atoms with E-state index in [0.29, 0.717) is 5.54 Å². The lowest BCUT2D eigenvalue weighted by atomic mass is 9.53. The fourth-order valence-electron chi connectivity index (χ4n) is 6.15. The molecule has 0 radical (unpaired) electrons. The monoisotopic (exact) mass is 316 g/mol. The van der Waals surface area contributed by atoms with Gasteiger partial charge in [0, 0.05) is 30.4 Å². The minimum absolute atomic E-state index is 0.521. The molecular weight excluding hydrogens is 286 g/mol. The smallest absolute Gasteiger partial charge is 0.134 e. The minimum Gasteiger partial charge on any atom is -0.496 e. The van der Waals surface area contributed by atoms with Crippen LogP contribution < -0.4 is 14.8 Å². The highest BCUT2D eigenvalue weighted by Gasteiger charge is 2.53. The first kappa shape index (κ1) is 15.3. The van der Waals surface area contributed by atoms with E-state index in [1.807, 2.05) is 0 Å². The number of nitrogens with two attached hydrogens (primary N) is 1. The molecule has 4 aliphatic carbocycles. The van der Waals surface area contributed by atoms with E-state index >= 15 is 0 Å². The molecule has 4 bridgehead atoms. The maximum atomic E-state index is 5.69. The largest absolute Gasteiger partial charge is 0.496 e. The van der Waals surface area contributed by atoms with Gasteiger partial charge in [-0.15, -0.1) is 0 Å². The molecule has 3 heteroatoms. The third-order valence-corrected chi connectivity index (χ3v) is 6.70. The van der Waals surface area contributed by atoms with Crippen LogP contribution in [-0.4, -0.2) is 19.8 Å². The van der Waals surface area contributed by atoms with Crippen molar-refractivity contribution in [1.29, 1.82) is 0 Å². The number of hydrogen-bond donors (Lipinski definition) is 1. The highest BCUT2D eigenvalue weighted by Crippen LogP contribution is 2.54. The standard InChI is InChI=1S/C20H29NO2/c1-13-18(22-2)5-4-17(19(13)23-3)12-21-20-9-14-6-15(10-20)8-16(7-14)11-20/h4-5,14-16,21H,6-12H2,1-3H3/p+1. The molecule has 5 rings (SSSR count). The number of ether oxygens (including phenoxy) is 2. The second-order valence-electron chi connectivity index (χ2n) is 8.27. The van der Waals surface area contributed by atoms with Crippen molar-refractivity contribution in [2.24, 2.45) is 17.8 Å². The summed E-state index contributed by atoms with van der Waals surface area (Å²) in [5.74, 6) is 4.96. The lowest BCUT2D eigenvalue weighted by Gasteiger charge is -2.54. The van der Waals surface area contributed by atoms with Crippen LogP contribution in [0.2, 0.25) is 0 Å². The van der Waals surface area contributed by atoms with E-state index < -0.39 is 0 Å². The lowest BCUT2D eigenvalue weighted by Crippen LogP contribution is -2.97. The summed E-state index contributed by atoms with van der Waals surface area (Å²) in [6.45, 7) is 3.12. The molecule has 23 heavy (non-hydrogen) atoms. The molecule has 1 aromatic carbocycles. The third-order valence-electron chi connectivity index (χ3n) is 6.70. The van der Waals surface area contributed by atoms with Gasteiger partial charge in [-0.25, -0.2) is 0 Å². The van der Waals surface area contributed by atoms with Crippen LogP contribution in [0.25, 0.3) is 0 Å². The Morgan fingerprint density at radius 3 is 2.13 bits per heavy atom. The maximum absolute atomic E-state index is 5.69. The van der Waals surface area contributed by atoms with E-state index in [1.165, 1.54) is 44.1 Å². The van der Waals surface area contributed by atoms with Gasteiger partial charge in [-0.05, 0) is 56.1 Å². The first-order valence-electron chi connectivity index (χ1n) is 9.17. The first-order valence-corrected chi connectivity index (χ1v) is 9.17. The number of methoxy groups -OCH3 is 2. The topological polar surface area (TPSA) is 35.1 Å². The predicted molar refractivity (Wildman–Crippen MR) is 90.8 cm³/mol. The van der Waals surface area contributed by atoms with Gasteiger partial charge in [0.1, 0.15) is 18.0 Å². The average molecular weight is 316 g/mol. The van der Waals surface area contributed by atoms with Crippen molar-refractivity contribution in [1.82, 2.24) is 0 Å². The van der Waals surface area contributed by atoms with E-state index in [1.54, 1.807) is 14.2 Å². The van der Waals surface area contributed by atoms with Gasteiger partial charge in [-0.3, -0.25) is 0 Å². The summed E-state index contributed by atoms with van der Waals surface area (Å²) in [5.41, 5.74) is 2.95. The van der Waals surface area contributed by atoms with Crippen LogP contribution >= 0.6 is 0 Å². The van der Waals surface area contributed by atoms with Gasteiger partial charge in [0.15, 0.2) is 0 Å². The Morgan fingerprint density at radius 2 is 1.61 bits per heavy atom. The summed E-state index contributed by atoms with van der Waals surface area (Å²) in [6, 6.07) is 4.27. The molecule has 0 heterocycles. The Hall–Kier alpha value is -1.22. The zero-order valence-electron chi connectivity index (χ0n) is 14.7. The highest BCUT2D eigenvalue weighted by atomic mass is 16.5. The summed E-state index contributed by atoms with van der Waals surface area (Å²) < 4.78 is 11.1. The molecule has 0 saturated heterocycles. The zero-order chi connectivity index (χ0) is 16.0. The Bertz CT molecular complexity index is 560. The first-order chi connectivity index (χ1) is 11.1. The van der Waals surface area contributed by atoms with Crippen molar-refractivity contribution in [3.63, 3.8) is 0 Å². The van der Waals surface area contributed by atoms with Gasteiger partial charge < -0.3 is 14.8 Å². The Labute approximate surface area is 139 Å². The summed E-state index contributed by atoms with van der Waals surface area (Å²) >= 11 is 0. The number of benzene rings is 1. The Kier molecular flexibility index (Phi) is 3.79. The fourth-order valence-corrected chi connectivity index (χ4v) is 6.15. The van der Waals surface area contributed by atoms with Crippen molar-refractivity contribution < 1.29 is 14.8 Å². The van der Waals surface area contributed by atoms with E-state index in [9.17, 15) is 0 Å². The Balaban J connectivity index is 1.52. The molecule has 0 unspecified atom stereocenters. The van der Waals surface area contributed by atoms with Gasteiger partial charge in [-0.1, -0.05) is 0 Å². The van der Waals surface area contributed by atoms with Gasteiger partial charge in [0.25, 0.3) is 0 Å². The van der Waals surface area contributed by atoms with E-state index in [-0.39, 0.29) is 0 Å². The minimum atomic E-state index is 0.521. The third kappa shape index (κ3) is 2.63. The molecule has 4 saturated carbocycles. The van der Waals surface area contributed by atoms with Crippen LogP contribution in [0.4, 0.5) is 0 Å². The van der Waals surface area contributed by atoms with Crippen LogP contribution in [0.3, 0.4) is 0 Å². The van der Waals surface area contributed by atoms with Crippen LogP contribution in [0.5, 0.6) is 11.5 Å². The van der Waals surface area contributed by atoms with Crippen LogP contribution in [0.15, 0.2) is 12.1 Å². The van der Waals surface area contributed by atoms with Gasteiger partial charge in [0.2, 0.25) is 0 Å². The van der Waals surface area contributed by atoms with E-state index in [2.05, 4.69) is 24.4 Å². The summed E-state index contributed by atoms with van der Waals surface area (Å²) in [5, 5.41) is 2.65. The molecule has 4 aliphatic rings. The predicted octanol–water partition coefficient (Wildman–Crippen LogP) is 3.04. The maximum Gasteiger partial charge on any atom is 0.134 e. The van der Waals surface area contributed by atoms with Gasteiger partial charge >= 0.3 is 0 Å². The quantitative estimate of drug-likeness (QED) is 0.906. The second kappa shape index (κ2) is 5.70. The molecule has 0 amide bonds. The summed E-state index contributed by atoms with van der Waals surface area (Å²) in [6.07, 6.45) is 8.86. The molecule has 1 aromatic rings. The van der Waals surface area contributed by atoms with Gasteiger partial charge in [0.05, 0.1) is 19.8 Å². The summed E-state index contributed by atoms with van der Waals surface area (Å²) in [4.78, 5) is 0.